The molecule has 1 atom stereocenters. The lowest BCUT2D eigenvalue weighted by atomic mass is 10.0. The largest absolute Gasteiger partial charge is 0.295 e. The van der Waals surface area contributed by atoms with Crippen LogP contribution in [0.3, 0.4) is 0 Å². The number of nitro groups is 1. The number of fused-ring (bicyclic) bond motifs is 1. The van der Waals surface area contributed by atoms with Gasteiger partial charge in [0.25, 0.3) is 17.5 Å². The van der Waals surface area contributed by atoms with Crippen LogP contribution in [0.1, 0.15) is 23.6 Å². The second-order valence-corrected chi connectivity index (χ2v) is 6.56. The molecule has 1 aliphatic heterocycles. The molecule has 0 spiro atoms. The number of carbonyl (C=O) groups excluding carboxylic acids is 2. The Balaban J connectivity index is 1.51. The van der Waals surface area contributed by atoms with E-state index in [1.54, 1.807) is 10.7 Å². The summed E-state index contributed by atoms with van der Waals surface area (Å²) in [5, 5.41) is 20.3. The minimum atomic E-state index is -0.507. The number of hydrogen-bond acceptors (Lipinski definition) is 6. The van der Waals surface area contributed by atoms with E-state index in [0.29, 0.717) is 5.56 Å². The van der Waals surface area contributed by atoms with Gasteiger partial charge in [0.1, 0.15) is 0 Å². The molecule has 0 saturated heterocycles. The van der Waals surface area contributed by atoms with Crippen LogP contribution in [0.15, 0.2) is 60.7 Å². The Kier molecular flexibility index (Phi) is 5.04. The summed E-state index contributed by atoms with van der Waals surface area (Å²) < 4.78 is 1.57. The first-order valence-corrected chi connectivity index (χ1v) is 9.04. The highest BCUT2D eigenvalue weighted by Crippen LogP contribution is 2.29. The van der Waals surface area contributed by atoms with Crippen LogP contribution in [0.25, 0.3) is 6.08 Å². The van der Waals surface area contributed by atoms with Gasteiger partial charge in [0.05, 0.1) is 17.4 Å². The predicted octanol–water partition coefficient (Wildman–Crippen LogP) is 2.77. The molecule has 10 heteroatoms. The number of aromatic nitrogens is 3. The van der Waals surface area contributed by atoms with Gasteiger partial charge in [-0.1, -0.05) is 42.5 Å². The van der Waals surface area contributed by atoms with E-state index >= 15 is 0 Å². The number of amides is 2. The Hall–Kier alpha value is -4.34. The zero-order valence-corrected chi connectivity index (χ0v) is 15.6. The lowest BCUT2D eigenvalue weighted by molar-refractivity contribution is -0.384. The number of nitrogens with zero attached hydrogens (tertiary/aromatic N) is 4. The summed E-state index contributed by atoms with van der Waals surface area (Å²) in [6.07, 6.45) is 2.89. The van der Waals surface area contributed by atoms with E-state index in [9.17, 15) is 19.7 Å². The van der Waals surface area contributed by atoms with Crippen molar-refractivity contribution >= 4 is 35.5 Å². The highest BCUT2D eigenvalue weighted by atomic mass is 16.6. The third kappa shape index (κ3) is 4.07. The lowest BCUT2D eigenvalue weighted by Gasteiger charge is -2.23. The van der Waals surface area contributed by atoms with Crippen LogP contribution in [0.2, 0.25) is 0 Å². The Labute approximate surface area is 170 Å². The van der Waals surface area contributed by atoms with Gasteiger partial charge in [-0.3, -0.25) is 30.3 Å². The SMILES string of the molecule is O=C(/C=C/c1cccc([N+](=O)[O-])c1)Nc1nc2n(n1)C(c1ccccc1)CC(=O)N2. The minimum absolute atomic E-state index is 0.0434. The number of anilines is 2. The van der Waals surface area contributed by atoms with Crippen molar-refractivity contribution in [3.63, 3.8) is 0 Å². The molecule has 30 heavy (non-hydrogen) atoms. The number of nitro benzene ring substituents is 1. The van der Waals surface area contributed by atoms with Gasteiger partial charge in [0.2, 0.25) is 11.9 Å². The predicted molar refractivity (Wildman–Crippen MR) is 109 cm³/mol. The first-order valence-electron chi connectivity index (χ1n) is 9.04. The molecule has 2 aromatic carbocycles. The Bertz CT molecular complexity index is 1160. The third-order valence-electron chi connectivity index (χ3n) is 4.48. The zero-order valence-electron chi connectivity index (χ0n) is 15.6. The highest BCUT2D eigenvalue weighted by molar-refractivity contribution is 6.01. The van der Waals surface area contributed by atoms with E-state index < -0.39 is 10.8 Å². The van der Waals surface area contributed by atoms with Crippen LogP contribution in [-0.4, -0.2) is 31.5 Å². The average molecular weight is 404 g/mol. The van der Waals surface area contributed by atoms with E-state index in [4.69, 9.17) is 0 Å². The van der Waals surface area contributed by atoms with Crippen LogP contribution in [0.4, 0.5) is 17.6 Å². The maximum atomic E-state index is 12.2. The van der Waals surface area contributed by atoms with Gasteiger partial charge in [0, 0.05) is 18.2 Å². The summed E-state index contributed by atoms with van der Waals surface area (Å²) >= 11 is 0. The molecule has 10 nitrogen and oxygen atoms in total. The summed E-state index contributed by atoms with van der Waals surface area (Å²) in [5.74, 6) is -0.404. The molecule has 0 fully saturated rings. The van der Waals surface area contributed by atoms with Crippen molar-refractivity contribution < 1.29 is 14.5 Å². The number of benzene rings is 2. The van der Waals surface area contributed by atoms with Crippen molar-refractivity contribution in [2.24, 2.45) is 0 Å². The zero-order chi connectivity index (χ0) is 21.1. The second-order valence-electron chi connectivity index (χ2n) is 6.56. The fraction of sp³-hybridized carbons (Fsp3) is 0.100. The van der Waals surface area contributed by atoms with E-state index in [1.165, 1.54) is 30.4 Å². The molecule has 2 amide bonds. The molecule has 0 bridgehead atoms. The lowest BCUT2D eigenvalue weighted by Crippen LogP contribution is -2.29. The molecule has 0 saturated carbocycles. The maximum absolute atomic E-state index is 12.2. The molecular formula is C20H16N6O4. The molecule has 0 aliphatic carbocycles. The van der Waals surface area contributed by atoms with Crippen LogP contribution in [0, 0.1) is 10.1 Å². The van der Waals surface area contributed by atoms with Gasteiger partial charge in [-0.15, -0.1) is 5.10 Å². The monoisotopic (exact) mass is 404 g/mol. The standard InChI is InChI=1S/C20H16N6O4/c27-17(10-9-13-5-4-8-15(11-13)26(29)30)21-19-23-20-22-18(28)12-16(25(20)24-19)14-6-2-1-3-7-14/h1-11,16H,12H2,(H2,21,22,23,24,27,28)/b10-9+. The molecule has 2 heterocycles. The summed E-state index contributed by atoms with van der Waals surface area (Å²) in [6, 6.07) is 15.0. The van der Waals surface area contributed by atoms with Crippen molar-refractivity contribution in [3.8, 4) is 0 Å². The molecule has 3 aromatic rings. The number of non-ortho nitro benzene ring substituents is 1. The number of carbonyl (C=O) groups is 2. The Morgan fingerprint density at radius 2 is 2.03 bits per heavy atom. The molecule has 1 unspecified atom stereocenters. The van der Waals surface area contributed by atoms with Crippen molar-refractivity contribution in [2.75, 3.05) is 10.6 Å². The second kappa shape index (κ2) is 7.95. The van der Waals surface area contributed by atoms with Gasteiger partial charge in [-0.05, 0) is 17.2 Å². The quantitative estimate of drug-likeness (QED) is 0.382. The summed E-state index contributed by atoms with van der Waals surface area (Å²) in [5.41, 5.74) is 1.35. The maximum Gasteiger partial charge on any atom is 0.270 e. The normalized spacial score (nSPS) is 15.5. The fourth-order valence-electron chi connectivity index (χ4n) is 3.12. The van der Waals surface area contributed by atoms with Crippen molar-refractivity contribution in [3.05, 3.63) is 81.9 Å². The summed E-state index contributed by atoms with van der Waals surface area (Å²) in [4.78, 5) is 38.8. The van der Waals surface area contributed by atoms with Gasteiger partial charge in [-0.25, -0.2) is 4.68 Å². The number of hydrogen-bond donors (Lipinski definition) is 2. The van der Waals surface area contributed by atoms with Gasteiger partial charge >= 0.3 is 0 Å². The van der Waals surface area contributed by atoms with Gasteiger partial charge in [-0.2, -0.15) is 4.98 Å². The molecule has 1 aliphatic rings. The third-order valence-corrected chi connectivity index (χ3v) is 4.48. The van der Waals surface area contributed by atoms with Crippen molar-refractivity contribution in [1.29, 1.82) is 0 Å². The highest BCUT2D eigenvalue weighted by Gasteiger charge is 2.29. The van der Waals surface area contributed by atoms with Crippen LogP contribution >= 0.6 is 0 Å². The molecule has 0 radical (unpaired) electrons. The summed E-state index contributed by atoms with van der Waals surface area (Å²) in [6.45, 7) is 0. The van der Waals surface area contributed by atoms with Crippen molar-refractivity contribution in [2.45, 2.75) is 12.5 Å². The average Bonchev–Trinajstić information content (AvgIpc) is 3.14. The first kappa shape index (κ1) is 19.0. The van der Waals surface area contributed by atoms with Crippen LogP contribution in [-0.2, 0) is 9.59 Å². The molecular weight excluding hydrogens is 388 g/mol. The smallest absolute Gasteiger partial charge is 0.270 e. The van der Waals surface area contributed by atoms with Gasteiger partial charge < -0.3 is 0 Å². The van der Waals surface area contributed by atoms with E-state index in [2.05, 4.69) is 20.7 Å². The Morgan fingerprint density at radius 1 is 1.23 bits per heavy atom. The van der Waals surface area contributed by atoms with Crippen LogP contribution < -0.4 is 10.6 Å². The van der Waals surface area contributed by atoms with Crippen molar-refractivity contribution in [1.82, 2.24) is 14.8 Å². The molecule has 150 valence electrons. The van der Waals surface area contributed by atoms with Gasteiger partial charge in [0.15, 0.2) is 0 Å². The summed E-state index contributed by atoms with van der Waals surface area (Å²) in [7, 11) is 0. The topological polar surface area (TPSA) is 132 Å². The number of rotatable bonds is 5. The fourth-order valence-corrected chi connectivity index (χ4v) is 3.12. The molecule has 2 N–H and O–H groups in total. The molecule has 4 rings (SSSR count). The van der Waals surface area contributed by atoms with Crippen LogP contribution in [0.5, 0.6) is 0 Å². The Morgan fingerprint density at radius 3 is 2.80 bits per heavy atom. The first-order chi connectivity index (χ1) is 14.5. The van der Waals surface area contributed by atoms with E-state index in [0.717, 1.165) is 5.56 Å². The van der Waals surface area contributed by atoms with E-state index in [1.807, 2.05) is 30.3 Å². The van der Waals surface area contributed by atoms with E-state index in [-0.39, 0.29) is 36.0 Å². The minimum Gasteiger partial charge on any atom is -0.295 e. The number of nitrogens with one attached hydrogen (secondary N) is 2. The molecule has 1 aromatic heterocycles.